The maximum Gasteiger partial charge on any atom is 0.160 e. The third-order valence-electron chi connectivity index (χ3n) is 9.79. The minimum atomic E-state index is 0.710. The molecule has 0 radical (unpaired) electrons. The summed E-state index contributed by atoms with van der Waals surface area (Å²) < 4.78 is 11.7. The van der Waals surface area contributed by atoms with Crippen LogP contribution in [-0.4, -0.2) is 14.5 Å². The molecule has 0 unspecified atom stereocenters. The van der Waals surface area contributed by atoms with Crippen molar-refractivity contribution in [3.05, 3.63) is 152 Å². The molecule has 0 saturated carbocycles. The summed E-state index contributed by atoms with van der Waals surface area (Å²) in [7, 11) is 0. The largest absolute Gasteiger partial charge is 0.455 e. The summed E-state index contributed by atoms with van der Waals surface area (Å²) in [6.45, 7) is 0. The summed E-state index contributed by atoms with van der Waals surface area (Å²) in [5, 5.41) is 8.24. The van der Waals surface area contributed by atoms with Gasteiger partial charge in [0.05, 0.1) is 27.6 Å². The van der Waals surface area contributed by atoms with Crippen LogP contribution in [0, 0.1) is 0 Å². The Bertz CT molecular complexity index is 3070. The van der Waals surface area contributed by atoms with E-state index >= 15 is 0 Å². The fraction of sp³-hybridized carbons (Fsp3) is 0. The standard InChI is InChI=1S/C44H25N3OS/c1-2-12-26(13-3-1)40-29-14-4-8-18-33(29)45-44(46-40)27-22-24-28(25-23-27)47-34-19-9-5-15-30(34)37-41(47)38-32-17-7-11-21-36(32)49-43(38)39-31-16-6-10-20-35(31)48-42(37)39/h1-25H. The van der Waals surface area contributed by atoms with Crippen LogP contribution in [0.1, 0.15) is 0 Å². The monoisotopic (exact) mass is 643 g/mol. The van der Waals surface area contributed by atoms with Gasteiger partial charge in [0.1, 0.15) is 11.2 Å². The van der Waals surface area contributed by atoms with E-state index in [1.54, 1.807) is 0 Å². The van der Waals surface area contributed by atoms with Gasteiger partial charge in [-0.1, -0.05) is 103 Å². The SMILES string of the molecule is c1ccc(-c2nc(-c3ccc(-n4c5ccccc5c5c6oc7ccccc7c6c6sc7ccccc7c6c54)cc3)nc3ccccc23)cc1. The predicted octanol–water partition coefficient (Wildman–Crippen LogP) is 12.3. The van der Waals surface area contributed by atoms with Crippen LogP contribution >= 0.6 is 11.3 Å². The highest BCUT2D eigenvalue weighted by molar-refractivity contribution is 7.27. The van der Waals surface area contributed by atoms with E-state index in [0.717, 1.165) is 60.9 Å². The van der Waals surface area contributed by atoms with Crippen LogP contribution in [0.15, 0.2) is 156 Å². The van der Waals surface area contributed by atoms with E-state index in [9.17, 15) is 0 Å². The van der Waals surface area contributed by atoms with Crippen molar-refractivity contribution in [1.29, 1.82) is 0 Å². The Balaban J connectivity index is 1.20. The molecule has 0 atom stereocenters. The van der Waals surface area contributed by atoms with E-state index in [1.807, 2.05) is 29.5 Å². The van der Waals surface area contributed by atoms with Gasteiger partial charge in [0.25, 0.3) is 0 Å². The second-order valence-electron chi connectivity index (χ2n) is 12.5. The summed E-state index contributed by atoms with van der Waals surface area (Å²) >= 11 is 1.85. The number of rotatable bonds is 3. The lowest BCUT2D eigenvalue weighted by molar-refractivity contribution is 0.673. The van der Waals surface area contributed by atoms with E-state index < -0.39 is 0 Å². The molecule has 0 spiro atoms. The van der Waals surface area contributed by atoms with E-state index in [1.165, 1.54) is 36.5 Å². The van der Waals surface area contributed by atoms with E-state index in [2.05, 4.69) is 138 Å². The molecule has 0 amide bonds. The smallest absolute Gasteiger partial charge is 0.160 e. The van der Waals surface area contributed by atoms with Gasteiger partial charge in [-0.25, -0.2) is 9.97 Å². The summed E-state index contributed by atoms with van der Waals surface area (Å²) in [5.74, 6) is 0.710. The highest BCUT2D eigenvalue weighted by atomic mass is 32.1. The van der Waals surface area contributed by atoms with Crippen LogP contribution in [0.2, 0.25) is 0 Å². The predicted molar refractivity (Wildman–Crippen MR) is 205 cm³/mol. The molecule has 7 aromatic carbocycles. The van der Waals surface area contributed by atoms with Gasteiger partial charge in [0, 0.05) is 58.5 Å². The van der Waals surface area contributed by atoms with Crippen molar-refractivity contribution >= 4 is 86.2 Å². The van der Waals surface area contributed by atoms with Crippen molar-refractivity contribution in [3.8, 4) is 28.3 Å². The highest BCUT2D eigenvalue weighted by Gasteiger charge is 2.25. The third-order valence-corrected chi connectivity index (χ3v) is 11.0. The molecular formula is C44H25N3OS. The first-order valence-corrected chi connectivity index (χ1v) is 17.2. The Morgan fingerprint density at radius 3 is 2.06 bits per heavy atom. The summed E-state index contributed by atoms with van der Waals surface area (Å²) in [6.07, 6.45) is 0. The zero-order valence-electron chi connectivity index (χ0n) is 26.1. The van der Waals surface area contributed by atoms with Crippen molar-refractivity contribution in [3.63, 3.8) is 0 Å². The van der Waals surface area contributed by atoms with Gasteiger partial charge >= 0.3 is 0 Å². The number of benzene rings is 7. The average Bonchev–Trinajstić information content (AvgIpc) is 3.84. The molecule has 0 N–H and O–H groups in total. The first kappa shape index (κ1) is 26.7. The number of hydrogen-bond donors (Lipinski definition) is 0. The lowest BCUT2D eigenvalue weighted by atomic mass is 10.0. The van der Waals surface area contributed by atoms with Crippen LogP contribution in [0.5, 0.6) is 0 Å². The molecule has 228 valence electrons. The lowest BCUT2D eigenvalue weighted by Gasteiger charge is -2.12. The Morgan fingerprint density at radius 2 is 1.20 bits per heavy atom. The van der Waals surface area contributed by atoms with Gasteiger partial charge < -0.3 is 8.98 Å². The molecule has 0 saturated heterocycles. The minimum Gasteiger partial charge on any atom is -0.455 e. The average molecular weight is 644 g/mol. The number of thiophene rings is 1. The summed E-state index contributed by atoms with van der Waals surface area (Å²) in [6, 6.07) is 53.2. The number of furan rings is 1. The van der Waals surface area contributed by atoms with E-state index in [-0.39, 0.29) is 0 Å². The second-order valence-corrected chi connectivity index (χ2v) is 13.6. The minimum absolute atomic E-state index is 0.710. The maximum absolute atomic E-state index is 6.76. The number of para-hydroxylation sites is 3. The zero-order valence-corrected chi connectivity index (χ0v) is 26.9. The molecule has 0 aliphatic heterocycles. The Morgan fingerprint density at radius 1 is 0.510 bits per heavy atom. The number of nitrogens with zero attached hydrogens (tertiary/aromatic N) is 3. The van der Waals surface area contributed by atoms with Crippen LogP contribution in [0.4, 0.5) is 0 Å². The molecule has 0 aliphatic rings. The normalized spacial score (nSPS) is 12.1. The van der Waals surface area contributed by atoms with Crippen molar-refractivity contribution in [2.75, 3.05) is 0 Å². The topological polar surface area (TPSA) is 43.9 Å². The Labute approximate surface area is 284 Å². The lowest BCUT2D eigenvalue weighted by Crippen LogP contribution is -1.97. The highest BCUT2D eigenvalue weighted by Crippen LogP contribution is 2.50. The van der Waals surface area contributed by atoms with Crippen LogP contribution < -0.4 is 0 Å². The molecule has 4 heterocycles. The molecule has 4 aromatic heterocycles. The van der Waals surface area contributed by atoms with Crippen molar-refractivity contribution < 1.29 is 4.42 Å². The molecule has 49 heavy (non-hydrogen) atoms. The molecule has 0 bridgehead atoms. The molecule has 0 aliphatic carbocycles. The molecule has 5 heteroatoms. The molecular weight excluding hydrogens is 619 g/mol. The van der Waals surface area contributed by atoms with Crippen molar-refractivity contribution in [2.24, 2.45) is 0 Å². The first-order valence-electron chi connectivity index (χ1n) is 16.4. The van der Waals surface area contributed by atoms with Crippen molar-refractivity contribution in [1.82, 2.24) is 14.5 Å². The molecule has 0 fully saturated rings. The van der Waals surface area contributed by atoms with E-state index in [0.29, 0.717) is 5.82 Å². The number of hydrogen-bond acceptors (Lipinski definition) is 4. The van der Waals surface area contributed by atoms with Gasteiger partial charge in [0.15, 0.2) is 5.82 Å². The summed E-state index contributed by atoms with van der Waals surface area (Å²) in [4.78, 5) is 10.1. The number of fused-ring (bicyclic) bond motifs is 13. The van der Waals surface area contributed by atoms with Gasteiger partial charge in [-0.15, -0.1) is 11.3 Å². The molecule has 11 aromatic rings. The van der Waals surface area contributed by atoms with Gasteiger partial charge in [-0.2, -0.15) is 0 Å². The Kier molecular flexibility index (Phi) is 5.51. The van der Waals surface area contributed by atoms with Gasteiger partial charge in [-0.3, -0.25) is 0 Å². The summed E-state index contributed by atoms with van der Waals surface area (Å²) in [5.41, 5.74) is 9.16. The third kappa shape index (κ3) is 3.79. The van der Waals surface area contributed by atoms with Crippen molar-refractivity contribution in [2.45, 2.75) is 0 Å². The number of aromatic nitrogens is 3. The maximum atomic E-state index is 6.76. The van der Waals surface area contributed by atoms with Gasteiger partial charge in [0.2, 0.25) is 0 Å². The fourth-order valence-corrected chi connectivity index (χ4v) is 8.92. The first-order chi connectivity index (χ1) is 24.3. The molecule has 11 rings (SSSR count). The van der Waals surface area contributed by atoms with E-state index in [4.69, 9.17) is 14.4 Å². The van der Waals surface area contributed by atoms with Gasteiger partial charge in [-0.05, 0) is 48.5 Å². The molecule has 4 nitrogen and oxygen atoms in total. The quantitative estimate of drug-likeness (QED) is 0.192. The van der Waals surface area contributed by atoms with Crippen LogP contribution in [-0.2, 0) is 0 Å². The van der Waals surface area contributed by atoms with Crippen LogP contribution in [0.3, 0.4) is 0 Å². The fourth-order valence-electron chi connectivity index (χ4n) is 7.66. The Hall–Kier alpha value is -6.30. The second kappa shape index (κ2) is 10.1. The zero-order chi connectivity index (χ0) is 32.1. The van der Waals surface area contributed by atoms with Crippen LogP contribution in [0.25, 0.3) is 103 Å².